The van der Waals surface area contributed by atoms with Crippen molar-refractivity contribution in [3.8, 4) is 0 Å². The quantitative estimate of drug-likeness (QED) is 0.653. The van der Waals surface area contributed by atoms with E-state index in [1.165, 1.54) is 32.1 Å². The predicted octanol–water partition coefficient (Wildman–Crippen LogP) is 2.15. The van der Waals surface area contributed by atoms with Crippen molar-refractivity contribution in [3.05, 3.63) is 0 Å². The first-order chi connectivity index (χ1) is 6.34. The Morgan fingerprint density at radius 1 is 1.15 bits per heavy atom. The topological polar surface area (TPSA) is 15.3 Å². The molecule has 0 amide bonds. The Hall–Kier alpha value is -0.310. The van der Waals surface area contributed by atoms with Crippen LogP contribution in [0.15, 0.2) is 0 Å². The number of likely N-dealkylation sites (tertiary alicyclic amines) is 1. The first-order valence-corrected chi connectivity index (χ1v) is 5.78. The lowest BCUT2D eigenvalue weighted by molar-refractivity contribution is 0.358. The molecule has 0 aromatic carbocycles. The van der Waals surface area contributed by atoms with Crippen LogP contribution in [-0.2, 0) is 0 Å². The van der Waals surface area contributed by atoms with Gasteiger partial charge in [0.1, 0.15) is 0 Å². The Morgan fingerprint density at radius 3 is 2.23 bits per heavy atom. The normalized spacial score (nSPS) is 19.0. The highest BCUT2D eigenvalue weighted by Gasteiger charge is 2.09. The molecule has 1 heterocycles. The van der Waals surface area contributed by atoms with Crippen LogP contribution in [0.3, 0.4) is 0 Å². The molecule has 3 heteroatoms. The van der Waals surface area contributed by atoms with Crippen LogP contribution >= 0.6 is 12.2 Å². The molecule has 1 aliphatic heterocycles. The van der Waals surface area contributed by atoms with Gasteiger partial charge in [-0.1, -0.05) is 19.3 Å². The number of hydrogen-bond donors (Lipinski definition) is 1. The molecule has 13 heavy (non-hydrogen) atoms. The van der Waals surface area contributed by atoms with Gasteiger partial charge in [-0.25, -0.2) is 0 Å². The van der Waals surface area contributed by atoms with E-state index in [0.29, 0.717) is 0 Å². The number of nitrogens with zero attached hydrogens (tertiary/aromatic N) is 1. The second-order valence-electron chi connectivity index (χ2n) is 3.59. The van der Waals surface area contributed by atoms with E-state index in [-0.39, 0.29) is 0 Å². The van der Waals surface area contributed by atoms with Gasteiger partial charge in [0.25, 0.3) is 0 Å². The van der Waals surface area contributed by atoms with Crippen LogP contribution in [0.4, 0.5) is 0 Å². The van der Waals surface area contributed by atoms with Gasteiger partial charge >= 0.3 is 0 Å². The second kappa shape index (κ2) is 6.19. The zero-order valence-corrected chi connectivity index (χ0v) is 9.33. The third kappa shape index (κ3) is 3.94. The predicted molar refractivity (Wildman–Crippen MR) is 60.9 cm³/mol. The minimum atomic E-state index is 0.940. The summed E-state index contributed by atoms with van der Waals surface area (Å²) in [5.74, 6) is 0. The third-order valence-corrected chi connectivity index (χ3v) is 2.87. The van der Waals surface area contributed by atoms with Crippen molar-refractivity contribution in [3.63, 3.8) is 0 Å². The molecule has 0 unspecified atom stereocenters. The maximum Gasteiger partial charge on any atom is 0.168 e. The lowest BCUT2D eigenvalue weighted by Crippen LogP contribution is -2.41. The summed E-state index contributed by atoms with van der Waals surface area (Å²) in [6.45, 7) is 5.32. The Bertz CT molecular complexity index is 151. The standard InChI is InChI=1S/C10H20N2S/c1-2-11-10(13)12-8-6-4-3-5-7-9-12/h2-9H2,1H3,(H,11,13). The minimum Gasteiger partial charge on any atom is -0.363 e. The van der Waals surface area contributed by atoms with Crippen LogP contribution in [0.1, 0.15) is 39.0 Å². The molecule has 0 aromatic rings. The molecule has 0 radical (unpaired) electrons. The third-order valence-electron chi connectivity index (χ3n) is 2.47. The van der Waals surface area contributed by atoms with Crippen LogP contribution < -0.4 is 5.32 Å². The SMILES string of the molecule is CCNC(=S)N1CCCCCCC1. The molecule has 0 saturated carbocycles. The van der Waals surface area contributed by atoms with E-state index in [2.05, 4.69) is 17.1 Å². The van der Waals surface area contributed by atoms with E-state index < -0.39 is 0 Å². The van der Waals surface area contributed by atoms with Crippen LogP contribution in [-0.4, -0.2) is 29.6 Å². The van der Waals surface area contributed by atoms with Gasteiger partial charge in [0.2, 0.25) is 0 Å². The molecule has 0 aromatic heterocycles. The average molecular weight is 200 g/mol. The molecule has 76 valence electrons. The van der Waals surface area contributed by atoms with Gasteiger partial charge in [0, 0.05) is 19.6 Å². The largest absolute Gasteiger partial charge is 0.363 e. The fourth-order valence-corrected chi connectivity index (χ4v) is 2.04. The summed E-state index contributed by atoms with van der Waals surface area (Å²) in [4.78, 5) is 2.32. The average Bonchev–Trinajstić information content (AvgIpc) is 2.03. The van der Waals surface area contributed by atoms with E-state index >= 15 is 0 Å². The van der Waals surface area contributed by atoms with E-state index in [1.54, 1.807) is 0 Å². The Labute approximate surface area is 86.7 Å². The fraction of sp³-hybridized carbons (Fsp3) is 0.900. The molecular formula is C10H20N2S. The van der Waals surface area contributed by atoms with Crippen molar-refractivity contribution >= 4 is 17.3 Å². The first-order valence-electron chi connectivity index (χ1n) is 5.37. The van der Waals surface area contributed by atoms with Crippen LogP contribution in [0.2, 0.25) is 0 Å². The molecule has 0 spiro atoms. The summed E-state index contributed by atoms with van der Waals surface area (Å²) in [5, 5.41) is 4.17. The lowest BCUT2D eigenvalue weighted by atomic mass is 10.1. The Kier molecular flexibility index (Phi) is 5.13. The lowest BCUT2D eigenvalue weighted by Gasteiger charge is -2.27. The minimum absolute atomic E-state index is 0.940. The zero-order valence-electron chi connectivity index (χ0n) is 8.51. The molecule has 1 N–H and O–H groups in total. The van der Waals surface area contributed by atoms with Crippen molar-refractivity contribution in [2.24, 2.45) is 0 Å². The van der Waals surface area contributed by atoms with Crippen molar-refractivity contribution < 1.29 is 0 Å². The molecule has 0 aliphatic carbocycles. The van der Waals surface area contributed by atoms with Crippen LogP contribution in [0.25, 0.3) is 0 Å². The summed E-state index contributed by atoms with van der Waals surface area (Å²) in [6.07, 6.45) is 6.73. The number of rotatable bonds is 1. The Balaban J connectivity index is 2.32. The summed E-state index contributed by atoms with van der Waals surface area (Å²) in [5.41, 5.74) is 0. The van der Waals surface area contributed by atoms with Crippen LogP contribution in [0.5, 0.6) is 0 Å². The van der Waals surface area contributed by atoms with E-state index in [4.69, 9.17) is 12.2 Å². The maximum absolute atomic E-state index is 5.29. The highest BCUT2D eigenvalue weighted by molar-refractivity contribution is 7.80. The van der Waals surface area contributed by atoms with Gasteiger partial charge < -0.3 is 10.2 Å². The van der Waals surface area contributed by atoms with Gasteiger partial charge in [-0.3, -0.25) is 0 Å². The van der Waals surface area contributed by atoms with Crippen LogP contribution in [0, 0.1) is 0 Å². The molecule has 0 atom stereocenters. The molecule has 1 fully saturated rings. The monoisotopic (exact) mass is 200 g/mol. The summed E-state index contributed by atoms with van der Waals surface area (Å²) in [6, 6.07) is 0. The fourth-order valence-electron chi connectivity index (χ4n) is 1.71. The van der Waals surface area contributed by atoms with Gasteiger partial charge in [0.05, 0.1) is 0 Å². The summed E-state index contributed by atoms with van der Waals surface area (Å²) < 4.78 is 0. The highest BCUT2D eigenvalue weighted by Crippen LogP contribution is 2.10. The van der Waals surface area contributed by atoms with Crippen molar-refractivity contribution in [2.75, 3.05) is 19.6 Å². The van der Waals surface area contributed by atoms with Crippen molar-refractivity contribution in [1.29, 1.82) is 0 Å². The van der Waals surface area contributed by atoms with E-state index in [9.17, 15) is 0 Å². The Morgan fingerprint density at radius 2 is 1.69 bits per heavy atom. The zero-order chi connectivity index (χ0) is 9.52. The first kappa shape index (κ1) is 10.8. The van der Waals surface area contributed by atoms with E-state index in [1.807, 2.05) is 0 Å². The van der Waals surface area contributed by atoms with Gasteiger partial charge in [0.15, 0.2) is 5.11 Å². The van der Waals surface area contributed by atoms with Gasteiger partial charge in [-0.05, 0) is 32.0 Å². The number of hydrogen-bond acceptors (Lipinski definition) is 1. The second-order valence-corrected chi connectivity index (χ2v) is 3.98. The maximum atomic E-state index is 5.29. The molecular weight excluding hydrogens is 180 g/mol. The molecule has 1 rings (SSSR count). The smallest absolute Gasteiger partial charge is 0.168 e. The van der Waals surface area contributed by atoms with Crippen molar-refractivity contribution in [1.82, 2.24) is 10.2 Å². The van der Waals surface area contributed by atoms with E-state index in [0.717, 1.165) is 24.7 Å². The molecule has 1 aliphatic rings. The van der Waals surface area contributed by atoms with Crippen molar-refractivity contribution in [2.45, 2.75) is 39.0 Å². The summed E-state index contributed by atoms with van der Waals surface area (Å²) in [7, 11) is 0. The molecule has 1 saturated heterocycles. The van der Waals surface area contributed by atoms with Gasteiger partial charge in [-0.15, -0.1) is 0 Å². The summed E-state index contributed by atoms with van der Waals surface area (Å²) >= 11 is 5.29. The molecule has 0 bridgehead atoms. The highest BCUT2D eigenvalue weighted by atomic mass is 32.1. The number of thiocarbonyl (C=S) groups is 1. The molecule has 2 nitrogen and oxygen atoms in total. The van der Waals surface area contributed by atoms with Gasteiger partial charge in [-0.2, -0.15) is 0 Å². The number of nitrogens with one attached hydrogen (secondary N) is 1.